The summed E-state index contributed by atoms with van der Waals surface area (Å²) < 4.78 is 38.1. The summed E-state index contributed by atoms with van der Waals surface area (Å²) in [5, 5.41) is 8.45. The molecule has 0 unspecified atom stereocenters. The largest absolute Gasteiger partial charge is 0.260 e. The minimum absolute atomic E-state index is 0.0891. The summed E-state index contributed by atoms with van der Waals surface area (Å²) in [5.74, 6) is -0.706. The fourth-order valence-electron chi connectivity index (χ4n) is 1.31. The van der Waals surface area contributed by atoms with Crippen LogP contribution in [0.1, 0.15) is 13.3 Å². The molecule has 0 radical (unpaired) electrons. The van der Waals surface area contributed by atoms with Gasteiger partial charge < -0.3 is 0 Å². The zero-order valence-electron chi connectivity index (χ0n) is 9.30. The van der Waals surface area contributed by atoms with Crippen LogP contribution in [0, 0.1) is 17.1 Å². The van der Waals surface area contributed by atoms with E-state index in [4.69, 9.17) is 5.26 Å². The molecule has 0 aliphatic rings. The SMILES string of the molecule is CCN(CCC#N)S(=O)(=O)c1cncc(F)c1. The maximum Gasteiger partial charge on any atom is 0.244 e. The van der Waals surface area contributed by atoms with Gasteiger partial charge in [0.2, 0.25) is 10.0 Å². The second-order valence-corrected chi connectivity index (χ2v) is 5.18. The van der Waals surface area contributed by atoms with Crippen LogP contribution in [0.3, 0.4) is 0 Å². The maximum absolute atomic E-state index is 12.9. The van der Waals surface area contributed by atoms with Gasteiger partial charge in [-0.05, 0) is 6.07 Å². The van der Waals surface area contributed by atoms with Crippen molar-refractivity contribution >= 4 is 10.0 Å². The standard InChI is InChI=1S/C10H12FN3O2S/c1-2-14(5-3-4-12)17(15,16)10-6-9(11)7-13-8-10/h6-8H,2-3,5H2,1H3. The molecule has 1 aromatic heterocycles. The molecule has 17 heavy (non-hydrogen) atoms. The molecule has 1 rings (SSSR count). The minimum Gasteiger partial charge on any atom is -0.260 e. The smallest absolute Gasteiger partial charge is 0.244 e. The number of hydrogen-bond acceptors (Lipinski definition) is 4. The Kier molecular flexibility index (Phi) is 4.54. The van der Waals surface area contributed by atoms with Crippen molar-refractivity contribution in [3.05, 3.63) is 24.3 Å². The van der Waals surface area contributed by atoms with E-state index in [0.29, 0.717) is 0 Å². The first kappa shape index (κ1) is 13.5. The second kappa shape index (κ2) is 5.70. The summed E-state index contributed by atoms with van der Waals surface area (Å²) in [6, 6.07) is 2.79. The third-order valence-electron chi connectivity index (χ3n) is 2.14. The van der Waals surface area contributed by atoms with Crippen LogP contribution in [0.4, 0.5) is 4.39 Å². The monoisotopic (exact) mass is 257 g/mol. The molecule has 0 aromatic carbocycles. The van der Waals surface area contributed by atoms with E-state index < -0.39 is 15.8 Å². The number of nitriles is 1. The van der Waals surface area contributed by atoms with Crippen molar-refractivity contribution in [3.8, 4) is 6.07 Å². The van der Waals surface area contributed by atoms with Crippen molar-refractivity contribution in [2.45, 2.75) is 18.2 Å². The third-order valence-corrected chi connectivity index (χ3v) is 4.08. The highest BCUT2D eigenvalue weighted by atomic mass is 32.2. The number of aromatic nitrogens is 1. The van der Waals surface area contributed by atoms with Gasteiger partial charge in [-0.1, -0.05) is 6.92 Å². The van der Waals surface area contributed by atoms with Crippen LogP contribution in [0.15, 0.2) is 23.4 Å². The van der Waals surface area contributed by atoms with Gasteiger partial charge in [-0.25, -0.2) is 12.8 Å². The summed E-state index contributed by atoms with van der Waals surface area (Å²) in [6.45, 7) is 1.97. The molecule has 0 spiro atoms. The Labute approximate surface area is 99.6 Å². The highest BCUT2D eigenvalue weighted by Gasteiger charge is 2.23. The summed E-state index contributed by atoms with van der Waals surface area (Å²) in [4.78, 5) is 3.30. The van der Waals surface area contributed by atoms with E-state index in [2.05, 4.69) is 4.98 Å². The van der Waals surface area contributed by atoms with Crippen LogP contribution in [0.2, 0.25) is 0 Å². The quantitative estimate of drug-likeness (QED) is 0.793. The zero-order chi connectivity index (χ0) is 12.9. The normalized spacial score (nSPS) is 11.4. The molecule has 0 amide bonds. The van der Waals surface area contributed by atoms with Crippen LogP contribution in [-0.4, -0.2) is 30.8 Å². The highest BCUT2D eigenvalue weighted by Crippen LogP contribution is 2.15. The van der Waals surface area contributed by atoms with Crippen molar-refractivity contribution < 1.29 is 12.8 Å². The molecule has 1 aromatic rings. The lowest BCUT2D eigenvalue weighted by Gasteiger charge is -2.18. The molecule has 0 bridgehead atoms. The van der Waals surface area contributed by atoms with Crippen molar-refractivity contribution in [1.29, 1.82) is 5.26 Å². The second-order valence-electron chi connectivity index (χ2n) is 3.24. The zero-order valence-corrected chi connectivity index (χ0v) is 10.1. The van der Waals surface area contributed by atoms with E-state index in [1.165, 1.54) is 0 Å². The van der Waals surface area contributed by atoms with E-state index >= 15 is 0 Å². The van der Waals surface area contributed by atoms with Crippen LogP contribution < -0.4 is 0 Å². The van der Waals surface area contributed by atoms with Gasteiger partial charge in [0.15, 0.2) is 0 Å². The molecule has 0 fully saturated rings. The summed E-state index contributed by atoms with van der Waals surface area (Å²) in [7, 11) is -3.77. The van der Waals surface area contributed by atoms with E-state index in [1.807, 2.05) is 6.07 Å². The number of hydrogen-bond donors (Lipinski definition) is 0. The van der Waals surface area contributed by atoms with Crippen LogP contribution in [0.25, 0.3) is 0 Å². The fourth-order valence-corrected chi connectivity index (χ4v) is 2.73. The third kappa shape index (κ3) is 3.22. The highest BCUT2D eigenvalue weighted by molar-refractivity contribution is 7.89. The predicted octanol–water partition coefficient (Wildman–Crippen LogP) is 1.14. The van der Waals surface area contributed by atoms with Crippen molar-refractivity contribution in [1.82, 2.24) is 9.29 Å². The number of rotatable bonds is 5. The summed E-state index contributed by atoms with van der Waals surface area (Å²) in [6.07, 6.45) is 2.12. The predicted molar refractivity (Wildman–Crippen MR) is 58.9 cm³/mol. The topological polar surface area (TPSA) is 74.1 Å². The molecule has 92 valence electrons. The molecule has 0 N–H and O–H groups in total. The summed E-state index contributed by atoms with van der Waals surface area (Å²) >= 11 is 0. The molecule has 0 aliphatic heterocycles. The van der Waals surface area contributed by atoms with E-state index in [-0.39, 0.29) is 24.4 Å². The maximum atomic E-state index is 12.9. The van der Waals surface area contributed by atoms with Gasteiger partial charge in [0.25, 0.3) is 0 Å². The van der Waals surface area contributed by atoms with Gasteiger partial charge >= 0.3 is 0 Å². The molecule has 5 nitrogen and oxygen atoms in total. The Bertz CT molecular complexity index is 525. The van der Waals surface area contributed by atoms with Crippen LogP contribution in [0.5, 0.6) is 0 Å². The first-order chi connectivity index (χ1) is 8.02. The first-order valence-electron chi connectivity index (χ1n) is 5.00. The van der Waals surface area contributed by atoms with Gasteiger partial charge in [0.1, 0.15) is 10.7 Å². The van der Waals surface area contributed by atoms with Crippen LogP contribution in [-0.2, 0) is 10.0 Å². The minimum atomic E-state index is -3.77. The lowest BCUT2D eigenvalue weighted by molar-refractivity contribution is 0.434. The number of nitrogens with zero attached hydrogens (tertiary/aromatic N) is 3. The van der Waals surface area contributed by atoms with Gasteiger partial charge in [-0.2, -0.15) is 9.57 Å². The lowest BCUT2D eigenvalue weighted by atomic mass is 10.5. The lowest BCUT2D eigenvalue weighted by Crippen LogP contribution is -2.31. The van der Waals surface area contributed by atoms with Crippen molar-refractivity contribution in [3.63, 3.8) is 0 Å². The Morgan fingerprint density at radius 2 is 2.24 bits per heavy atom. The van der Waals surface area contributed by atoms with E-state index in [0.717, 1.165) is 22.8 Å². The van der Waals surface area contributed by atoms with Crippen molar-refractivity contribution in [2.75, 3.05) is 13.1 Å². The Morgan fingerprint density at radius 3 is 2.76 bits per heavy atom. The molecule has 0 atom stereocenters. The summed E-state index contributed by atoms with van der Waals surface area (Å²) in [5.41, 5.74) is 0. The van der Waals surface area contributed by atoms with Gasteiger partial charge in [-0.3, -0.25) is 4.98 Å². The van der Waals surface area contributed by atoms with E-state index in [9.17, 15) is 12.8 Å². The Balaban J connectivity index is 3.05. The van der Waals surface area contributed by atoms with Gasteiger partial charge in [0, 0.05) is 25.7 Å². The molecule has 0 saturated heterocycles. The molecular formula is C10H12FN3O2S. The van der Waals surface area contributed by atoms with Crippen LogP contribution >= 0.6 is 0 Å². The molecule has 0 aliphatic carbocycles. The average Bonchev–Trinajstić information content (AvgIpc) is 2.30. The van der Waals surface area contributed by atoms with Crippen molar-refractivity contribution in [2.24, 2.45) is 0 Å². The Morgan fingerprint density at radius 1 is 1.53 bits per heavy atom. The fraction of sp³-hybridized carbons (Fsp3) is 0.400. The molecule has 1 heterocycles. The van der Waals surface area contributed by atoms with Gasteiger partial charge in [0.05, 0.1) is 12.3 Å². The van der Waals surface area contributed by atoms with Gasteiger partial charge in [-0.15, -0.1) is 0 Å². The molecule has 7 heteroatoms. The Hall–Kier alpha value is -1.52. The average molecular weight is 257 g/mol. The number of pyridine rings is 1. The first-order valence-corrected chi connectivity index (χ1v) is 6.44. The van der Waals surface area contributed by atoms with E-state index in [1.54, 1.807) is 6.92 Å². The number of sulfonamides is 1. The molecular weight excluding hydrogens is 245 g/mol. The molecule has 0 saturated carbocycles. The number of halogens is 1.